The Morgan fingerprint density at radius 3 is 2.50 bits per heavy atom. The minimum Gasteiger partial charge on any atom is -0.443 e. The van der Waals surface area contributed by atoms with Crippen molar-refractivity contribution in [3.8, 4) is 0 Å². The zero-order chi connectivity index (χ0) is 15.5. The predicted octanol–water partition coefficient (Wildman–Crippen LogP) is 1.12. The third-order valence-electron chi connectivity index (χ3n) is 3.64. The van der Waals surface area contributed by atoms with E-state index in [-0.39, 0.29) is 18.6 Å². The maximum atomic E-state index is 11.9. The number of nitrogens with zero attached hydrogens (tertiary/aromatic N) is 2. The zero-order valence-electron chi connectivity index (χ0n) is 11.8. The lowest BCUT2D eigenvalue weighted by Gasteiger charge is -2.27. The Bertz CT molecular complexity index is 566. The summed E-state index contributed by atoms with van der Waals surface area (Å²) in [6.45, 7) is 2.00. The van der Waals surface area contributed by atoms with Gasteiger partial charge in [0.25, 0.3) is 5.91 Å². The van der Waals surface area contributed by atoms with Crippen LogP contribution in [0.15, 0.2) is 24.3 Å². The minimum atomic E-state index is -0.396. The van der Waals surface area contributed by atoms with Crippen LogP contribution >= 0.6 is 11.8 Å². The Labute approximate surface area is 132 Å². The number of cyclic esters (lactones) is 1. The van der Waals surface area contributed by atoms with Crippen molar-refractivity contribution in [1.82, 2.24) is 4.84 Å². The average Bonchev–Trinajstić information content (AvgIpc) is 2.89. The molecule has 1 atom stereocenters. The van der Waals surface area contributed by atoms with Crippen molar-refractivity contribution in [2.24, 2.45) is 0 Å². The number of halogens is 1. The third-order valence-corrected chi connectivity index (χ3v) is 3.79. The van der Waals surface area contributed by atoms with Gasteiger partial charge in [-0.05, 0) is 36.0 Å². The van der Waals surface area contributed by atoms with E-state index in [0.717, 1.165) is 11.4 Å². The van der Waals surface area contributed by atoms with Crippen LogP contribution in [0, 0.1) is 0 Å². The Balaban J connectivity index is 1.71. The maximum absolute atomic E-state index is 11.9. The van der Waals surface area contributed by atoms with Crippen molar-refractivity contribution in [3.05, 3.63) is 24.3 Å². The van der Waals surface area contributed by atoms with Gasteiger partial charge in [0.1, 0.15) is 12.7 Å². The summed E-state index contributed by atoms with van der Waals surface area (Å²) in [7, 11) is 0. The standard InChI is InChI=1S/C14H16ClN3O4/c15-16-7-12-8-18(14(20)22-12)11-3-1-10(2-4-11)17-5-6-21-9-13(17)19/h1-4,12,16H,5-9H2. The van der Waals surface area contributed by atoms with E-state index in [1.807, 2.05) is 12.1 Å². The molecule has 0 aliphatic carbocycles. The fraction of sp³-hybridized carbons (Fsp3) is 0.429. The number of ether oxygens (including phenoxy) is 2. The van der Waals surface area contributed by atoms with Crippen LogP contribution in [0.4, 0.5) is 16.2 Å². The van der Waals surface area contributed by atoms with Crippen molar-refractivity contribution in [3.63, 3.8) is 0 Å². The lowest BCUT2D eigenvalue weighted by atomic mass is 10.2. The Morgan fingerprint density at radius 1 is 1.18 bits per heavy atom. The molecule has 0 bridgehead atoms. The highest BCUT2D eigenvalue weighted by Gasteiger charge is 2.32. The van der Waals surface area contributed by atoms with Gasteiger partial charge in [-0.3, -0.25) is 9.69 Å². The number of anilines is 2. The maximum Gasteiger partial charge on any atom is 0.414 e. The van der Waals surface area contributed by atoms with Crippen LogP contribution in [0.1, 0.15) is 0 Å². The van der Waals surface area contributed by atoms with Gasteiger partial charge in [-0.2, -0.15) is 0 Å². The van der Waals surface area contributed by atoms with Gasteiger partial charge < -0.3 is 14.4 Å². The van der Waals surface area contributed by atoms with Crippen LogP contribution in [0.3, 0.4) is 0 Å². The first-order valence-corrected chi connectivity index (χ1v) is 7.36. The number of morpholine rings is 1. The molecule has 22 heavy (non-hydrogen) atoms. The number of amides is 2. The van der Waals surface area contributed by atoms with E-state index in [9.17, 15) is 9.59 Å². The van der Waals surface area contributed by atoms with Crippen molar-refractivity contribution in [1.29, 1.82) is 0 Å². The fourth-order valence-corrected chi connectivity index (χ4v) is 2.70. The summed E-state index contributed by atoms with van der Waals surface area (Å²) in [6, 6.07) is 7.24. The van der Waals surface area contributed by atoms with E-state index in [1.165, 1.54) is 0 Å². The Kier molecular flexibility index (Phi) is 4.47. The van der Waals surface area contributed by atoms with E-state index in [1.54, 1.807) is 21.9 Å². The van der Waals surface area contributed by atoms with Crippen LogP contribution in [0.25, 0.3) is 0 Å². The SMILES string of the molecule is O=C1COCCN1c1ccc(N2CC(CNCl)OC2=O)cc1. The van der Waals surface area contributed by atoms with Gasteiger partial charge in [0, 0.05) is 24.5 Å². The van der Waals surface area contributed by atoms with Crippen LogP contribution in [0.5, 0.6) is 0 Å². The molecular weight excluding hydrogens is 310 g/mol. The summed E-state index contributed by atoms with van der Waals surface area (Å²) in [5, 5.41) is 0. The van der Waals surface area contributed by atoms with Crippen LogP contribution in [-0.4, -0.2) is 51.0 Å². The van der Waals surface area contributed by atoms with Gasteiger partial charge in [-0.15, -0.1) is 0 Å². The van der Waals surface area contributed by atoms with Crippen LogP contribution in [-0.2, 0) is 14.3 Å². The lowest BCUT2D eigenvalue weighted by Crippen LogP contribution is -2.41. The number of hydrogen-bond donors (Lipinski definition) is 1. The van der Waals surface area contributed by atoms with E-state index >= 15 is 0 Å². The molecule has 2 saturated heterocycles. The molecular formula is C14H16ClN3O4. The first kappa shape index (κ1) is 15.1. The van der Waals surface area contributed by atoms with Gasteiger partial charge in [0.2, 0.25) is 0 Å². The number of carbonyl (C=O) groups excluding carboxylic acids is 2. The number of hydrogen-bond acceptors (Lipinski definition) is 5. The highest BCUT2D eigenvalue weighted by molar-refractivity contribution is 6.13. The predicted molar refractivity (Wildman–Crippen MR) is 81.1 cm³/mol. The van der Waals surface area contributed by atoms with Crippen LogP contribution < -0.4 is 14.6 Å². The molecule has 3 rings (SSSR count). The topological polar surface area (TPSA) is 71.1 Å². The smallest absolute Gasteiger partial charge is 0.414 e. The molecule has 1 N–H and O–H groups in total. The van der Waals surface area contributed by atoms with Gasteiger partial charge >= 0.3 is 6.09 Å². The van der Waals surface area contributed by atoms with Gasteiger partial charge in [-0.1, -0.05) is 0 Å². The number of benzene rings is 1. The highest BCUT2D eigenvalue weighted by Crippen LogP contribution is 2.25. The van der Waals surface area contributed by atoms with E-state index in [4.69, 9.17) is 21.3 Å². The lowest BCUT2D eigenvalue weighted by molar-refractivity contribution is -0.125. The molecule has 118 valence electrons. The molecule has 1 unspecified atom stereocenters. The molecule has 2 heterocycles. The highest BCUT2D eigenvalue weighted by atomic mass is 35.5. The van der Waals surface area contributed by atoms with Crippen molar-refractivity contribution >= 4 is 35.2 Å². The van der Waals surface area contributed by atoms with Gasteiger partial charge in [0.15, 0.2) is 0 Å². The molecule has 0 spiro atoms. The first-order valence-electron chi connectivity index (χ1n) is 6.99. The Hall–Kier alpha value is -1.83. The van der Waals surface area contributed by atoms with Crippen molar-refractivity contribution in [2.45, 2.75) is 6.10 Å². The van der Waals surface area contributed by atoms with Crippen molar-refractivity contribution in [2.75, 3.05) is 42.6 Å². The summed E-state index contributed by atoms with van der Waals surface area (Å²) in [5.74, 6) is -0.0622. The second kappa shape index (κ2) is 6.51. The van der Waals surface area contributed by atoms with Crippen molar-refractivity contribution < 1.29 is 19.1 Å². The zero-order valence-corrected chi connectivity index (χ0v) is 12.6. The van der Waals surface area contributed by atoms with E-state index < -0.39 is 6.09 Å². The van der Waals surface area contributed by atoms with Gasteiger partial charge in [-0.25, -0.2) is 9.63 Å². The average molecular weight is 326 g/mol. The molecule has 2 amide bonds. The molecule has 0 saturated carbocycles. The minimum absolute atomic E-state index is 0.0622. The second-order valence-electron chi connectivity index (χ2n) is 5.07. The summed E-state index contributed by atoms with van der Waals surface area (Å²) < 4.78 is 10.3. The monoisotopic (exact) mass is 325 g/mol. The number of nitrogens with one attached hydrogen (secondary N) is 1. The largest absolute Gasteiger partial charge is 0.443 e. The molecule has 2 aliphatic heterocycles. The van der Waals surface area contributed by atoms with E-state index in [0.29, 0.717) is 26.2 Å². The summed E-state index contributed by atoms with van der Waals surface area (Å²) in [4.78, 5) is 29.3. The normalized spacial score (nSPS) is 22.1. The Morgan fingerprint density at radius 2 is 1.86 bits per heavy atom. The molecule has 0 aromatic heterocycles. The summed E-state index contributed by atoms with van der Waals surface area (Å²) in [6.07, 6.45) is -0.669. The van der Waals surface area contributed by atoms with Gasteiger partial charge in [0.05, 0.1) is 13.2 Å². The third kappa shape index (κ3) is 3.01. The summed E-state index contributed by atoms with van der Waals surface area (Å²) in [5.41, 5.74) is 1.52. The molecule has 8 heteroatoms. The summed E-state index contributed by atoms with van der Waals surface area (Å²) >= 11 is 5.44. The quantitative estimate of drug-likeness (QED) is 0.840. The number of carbonyl (C=O) groups is 2. The molecule has 7 nitrogen and oxygen atoms in total. The molecule has 0 radical (unpaired) electrons. The van der Waals surface area contributed by atoms with Crippen LogP contribution in [0.2, 0.25) is 0 Å². The molecule has 2 fully saturated rings. The molecule has 1 aromatic carbocycles. The first-order chi connectivity index (χ1) is 10.7. The van der Waals surface area contributed by atoms with E-state index in [2.05, 4.69) is 4.84 Å². The second-order valence-corrected chi connectivity index (χ2v) is 5.34. The number of rotatable bonds is 4. The fourth-order valence-electron chi connectivity index (χ4n) is 2.53. The molecule has 1 aromatic rings. The molecule has 2 aliphatic rings.